The van der Waals surface area contributed by atoms with Crippen LogP contribution in [0.15, 0.2) is 30.0 Å². The summed E-state index contributed by atoms with van der Waals surface area (Å²) < 4.78 is 0. The Morgan fingerprint density at radius 2 is 1.75 bits per heavy atom. The van der Waals surface area contributed by atoms with Gasteiger partial charge >= 0.3 is 0 Å². The zero-order valence-corrected chi connectivity index (χ0v) is 10.2. The molecule has 0 spiro atoms. The maximum atomic E-state index is 10.5. The maximum Gasteiger partial charge on any atom is 0.243 e. The monoisotopic (exact) mass is 219 g/mol. The Labute approximate surface area is 95.9 Å². The van der Waals surface area contributed by atoms with Gasteiger partial charge in [0.15, 0.2) is 0 Å². The van der Waals surface area contributed by atoms with Crippen molar-refractivity contribution in [1.82, 2.24) is 0 Å². The molecule has 3 nitrogen and oxygen atoms in total. The van der Waals surface area contributed by atoms with Crippen LogP contribution in [0.3, 0.4) is 0 Å². The van der Waals surface area contributed by atoms with Crippen molar-refractivity contribution < 1.29 is 4.92 Å². The second kappa shape index (κ2) is 4.47. The molecule has 0 aliphatic carbocycles. The predicted octanol–water partition coefficient (Wildman–Crippen LogP) is 3.62. The second-order valence-corrected chi connectivity index (χ2v) is 4.91. The third-order valence-corrected chi connectivity index (χ3v) is 2.44. The summed E-state index contributed by atoms with van der Waals surface area (Å²) >= 11 is 0. The van der Waals surface area contributed by atoms with Crippen molar-refractivity contribution in [1.29, 1.82) is 0 Å². The molecular formula is C13H17NO2. The van der Waals surface area contributed by atoms with Gasteiger partial charge in [-0.3, -0.25) is 10.1 Å². The lowest BCUT2D eigenvalue weighted by Gasteiger charge is -2.18. The van der Waals surface area contributed by atoms with Crippen LogP contribution in [0.4, 0.5) is 0 Å². The minimum Gasteiger partial charge on any atom is -0.259 e. The third kappa shape index (κ3) is 3.19. The summed E-state index contributed by atoms with van der Waals surface area (Å²) in [5.41, 5.74) is 2.36. The van der Waals surface area contributed by atoms with E-state index in [2.05, 4.69) is 20.8 Å². The van der Waals surface area contributed by atoms with E-state index in [0.717, 1.165) is 5.56 Å². The van der Waals surface area contributed by atoms with Crippen LogP contribution in [-0.2, 0) is 5.41 Å². The molecule has 0 fully saturated rings. The molecule has 16 heavy (non-hydrogen) atoms. The second-order valence-electron chi connectivity index (χ2n) is 4.91. The number of benzene rings is 1. The molecular weight excluding hydrogens is 202 g/mol. The lowest BCUT2D eigenvalue weighted by atomic mass is 9.87. The van der Waals surface area contributed by atoms with Crippen LogP contribution >= 0.6 is 0 Å². The van der Waals surface area contributed by atoms with Crippen LogP contribution in [0.2, 0.25) is 0 Å². The SMILES string of the molecule is CC(=Cc1ccc(C(C)(C)C)cc1)[N+](=O)[O-]. The van der Waals surface area contributed by atoms with Gasteiger partial charge in [0.05, 0.1) is 4.92 Å². The van der Waals surface area contributed by atoms with E-state index in [1.54, 1.807) is 6.08 Å². The summed E-state index contributed by atoms with van der Waals surface area (Å²) in [4.78, 5) is 10.1. The number of nitrogens with zero attached hydrogens (tertiary/aromatic N) is 1. The summed E-state index contributed by atoms with van der Waals surface area (Å²) in [6.07, 6.45) is 1.58. The summed E-state index contributed by atoms with van der Waals surface area (Å²) in [7, 11) is 0. The Balaban J connectivity index is 2.97. The molecule has 0 N–H and O–H groups in total. The van der Waals surface area contributed by atoms with Gasteiger partial charge in [-0.25, -0.2) is 0 Å². The molecule has 1 rings (SSSR count). The van der Waals surface area contributed by atoms with Crippen molar-refractivity contribution in [3.05, 3.63) is 51.2 Å². The van der Waals surface area contributed by atoms with Crippen LogP contribution in [0.25, 0.3) is 6.08 Å². The van der Waals surface area contributed by atoms with Gasteiger partial charge in [0.1, 0.15) is 0 Å². The first-order valence-corrected chi connectivity index (χ1v) is 5.24. The Morgan fingerprint density at radius 1 is 1.25 bits per heavy atom. The van der Waals surface area contributed by atoms with Gasteiger partial charge in [-0.1, -0.05) is 45.0 Å². The average molecular weight is 219 g/mol. The van der Waals surface area contributed by atoms with Crippen molar-refractivity contribution in [3.63, 3.8) is 0 Å². The van der Waals surface area contributed by atoms with E-state index in [9.17, 15) is 10.1 Å². The molecule has 0 amide bonds. The standard InChI is InChI=1S/C13H17NO2/c1-10(14(15)16)9-11-5-7-12(8-6-11)13(2,3)4/h5-9H,1-4H3. The van der Waals surface area contributed by atoms with Crippen molar-refractivity contribution in [2.45, 2.75) is 33.1 Å². The lowest BCUT2D eigenvalue weighted by molar-refractivity contribution is -0.422. The van der Waals surface area contributed by atoms with E-state index in [4.69, 9.17) is 0 Å². The van der Waals surface area contributed by atoms with E-state index in [-0.39, 0.29) is 16.0 Å². The summed E-state index contributed by atoms with van der Waals surface area (Å²) in [6, 6.07) is 7.85. The number of hydrogen-bond acceptors (Lipinski definition) is 2. The normalized spacial score (nSPS) is 12.6. The quantitative estimate of drug-likeness (QED) is 0.563. The van der Waals surface area contributed by atoms with Crippen LogP contribution in [0.5, 0.6) is 0 Å². The molecule has 86 valence electrons. The minimum atomic E-state index is -0.377. The Hall–Kier alpha value is -1.64. The number of allylic oxidation sites excluding steroid dienone is 1. The van der Waals surface area contributed by atoms with Gasteiger partial charge in [-0.05, 0) is 16.5 Å². The highest BCUT2D eigenvalue weighted by molar-refractivity contribution is 5.51. The van der Waals surface area contributed by atoms with E-state index in [0.29, 0.717) is 0 Å². The summed E-state index contributed by atoms with van der Waals surface area (Å²) in [5.74, 6) is 0. The number of rotatable bonds is 2. The first kappa shape index (κ1) is 12.4. The fraction of sp³-hybridized carbons (Fsp3) is 0.385. The smallest absolute Gasteiger partial charge is 0.243 e. The van der Waals surface area contributed by atoms with Gasteiger partial charge in [-0.2, -0.15) is 0 Å². The molecule has 0 radical (unpaired) electrons. The Kier molecular flexibility index (Phi) is 3.48. The molecule has 0 aliphatic rings. The summed E-state index contributed by atoms with van der Waals surface area (Å²) in [5, 5.41) is 10.5. The fourth-order valence-electron chi connectivity index (χ4n) is 1.37. The Morgan fingerprint density at radius 3 is 2.12 bits per heavy atom. The minimum absolute atomic E-state index is 0.112. The fourth-order valence-corrected chi connectivity index (χ4v) is 1.37. The van der Waals surface area contributed by atoms with Crippen molar-refractivity contribution in [2.75, 3.05) is 0 Å². The highest BCUT2D eigenvalue weighted by atomic mass is 16.6. The molecule has 1 aromatic rings. The van der Waals surface area contributed by atoms with Crippen LogP contribution in [0.1, 0.15) is 38.8 Å². The molecule has 0 atom stereocenters. The number of hydrogen-bond donors (Lipinski definition) is 0. The molecule has 0 aliphatic heterocycles. The van der Waals surface area contributed by atoms with Crippen LogP contribution < -0.4 is 0 Å². The summed E-state index contributed by atoms with van der Waals surface area (Å²) in [6.45, 7) is 7.91. The molecule has 1 aromatic carbocycles. The highest BCUT2D eigenvalue weighted by Gasteiger charge is 2.12. The molecule has 3 heteroatoms. The molecule has 0 heterocycles. The van der Waals surface area contributed by atoms with Gasteiger partial charge in [-0.15, -0.1) is 0 Å². The predicted molar refractivity (Wildman–Crippen MR) is 65.8 cm³/mol. The molecule has 0 aromatic heterocycles. The van der Waals surface area contributed by atoms with Gasteiger partial charge in [0.25, 0.3) is 0 Å². The van der Waals surface area contributed by atoms with E-state index in [1.165, 1.54) is 12.5 Å². The zero-order chi connectivity index (χ0) is 12.3. The van der Waals surface area contributed by atoms with Crippen molar-refractivity contribution in [3.8, 4) is 0 Å². The van der Waals surface area contributed by atoms with Gasteiger partial charge < -0.3 is 0 Å². The zero-order valence-electron chi connectivity index (χ0n) is 10.2. The topological polar surface area (TPSA) is 43.1 Å². The van der Waals surface area contributed by atoms with Crippen LogP contribution in [-0.4, -0.2) is 4.92 Å². The average Bonchev–Trinajstić information content (AvgIpc) is 2.17. The molecule has 0 saturated carbocycles. The molecule has 0 saturated heterocycles. The van der Waals surface area contributed by atoms with E-state index >= 15 is 0 Å². The highest BCUT2D eigenvalue weighted by Crippen LogP contribution is 2.22. The Bertz CT molecular complexity index is 411. The first-order chi connectivity index (χ1) is 7.30. The first-order valence-electron chi connectivity index (χ1n) is 5.24. The lowest BCUT2D eigenvalue weighted by Crippen LogP contribution is -2.10. The van der Waals surface area contributed by atoms with Gasteiger partial charge in [0.2, 0.25) is 5.70 Å². The number of nitro groups is 1. The largest absolute Gasteiger partial charge is 0.259 e. The van der Waals surface area contributed by atoms with Gasteiger partial charge in [0, 0.05) is 13.0 Å². The third-order valence-electron chi connectivity index (χ3n) is 2.44. The van der Waals surface area contributed by atoms with E-state index < -0.39 is 0 Å². The van der Waals surface area contributed by atoms with Crippen LogP contribution in [0, 0.1) is 10.1 Å². The van der Waals surface area contributed by atoms with E-state index in [1.807, 2.05) is 24.3 Å². The molecule has 0 unspecified atom stereocenters. The van der Waals surface area contributed by atoms with Crippen molar-refractivity contribution >= 4 is 6.08 Å². The van der Waals surface area contributed by atoms with Crippen molar-refractivity contribution in [2.24, 2.45) is 0 Å². The maximum absolute atomic E-state index is 10.5. The molecule has 0 bridgehead atoms.